The highest BCUT2D eigenvalue weighted by molar-refractivity contribution is 8.27. The molecule has 4 rings (SSSR count). The summed E-state index contributed by atoms with van der Waals surface area (Å²) < 4.78 is 6.62. The van der Waals surface area contributed by atoms with Crippen molar-refractivity contribution in [3.05, 3.63) is 100.0 Å². The number of aryl methyl sites for hydroxylation is 2. The van der Waals surface area contributed by atoms with Crippen molar-refractivity contribution in [1.82, 2.24) is 0 Å². The van der Waals surface area contributed by atoms with Gasteiger partial charge in [-0.1, -0.05) is 97.1 Å². The summed E-state index contributed by atoms with van der Waals surface area (Å²) in [4.78, 5) is 15.5. The topological polar surface area (TPSA) is 29.5 Å². The van der Waals surface area contributed by atoms with Gasteiger partial charge in [-0.3, -0.25) is 9.69 Å². The third-order valence-corrected chi connectivity index (χ3v) is 6.43. The third kappa shape index (κ3) is 4.73. The Hall–Kier alpha value is -2.89. The number of benzene rings is 3. The molecule has 0 radical (unpaired) electrons. The molecule has 0 saturated carbocycles. The van der Waals surface area contributed by atoms with Gasteiger partial charge in [0.25, 0.3) is 5.91 Å². The Morgan fingerprint density at radius 2 is 1.71 bits per heavy atom. The van der Waals surface area contributed by atoms with Gasteiger partial charge in [0.15, 0.2) is 4.32 Å². The molecule has 1 heterocycles. The predicted octanol–water partition coefficient (Wildman–Crippen LogP) is 6.54. The van der Waals surface area contributed by atoms with Gasteiger partial charge in [0.2, 0.25) is 0 Å². The monoisotopic (exact) mass is 445 g/mol. The van der Waals surface area contributed by atoms with Crippen LogP contribution in [-0.2, 0) is 17.8 Å². The molecule has 0 atom stereocenters. The van der Waals surface area contributed by atoms with Crippen LogP contribution in [0.25, 0.3) is 6.08 Å². The Labute approximate surface area is 192 Å². The number of thiocarbonyl (C=S) groups is 1. The summed E-state index contributed by atoms with van der Waals surface area (Å²) in [6, 6.07) is 23.9. The lowest BCUT2D eigenvalue weighted by atomic mass is 10.1. The van der Waals surface area contributed by atoms with Crippen molar-refractivity contribution in [2.75, 3.05) is 4.90 Å². The fraction of sp³-hybridized carbons (Fsp3) is 0.154. The van der Waals surface area contributed by atoms with Crippen molar-refractivity contribution in [1.29, 1.82) is 0 Å². The summed E-state index contributed by atoms with van der Waals surface area (Å²) in [7, 11) is 0. The second-order valence-corrected chi connectivity index (χ2v) is 8.99. The molecule has 3 nitrogen and oxygen atoms in total. The fourth-order valence-corrected chi connectivity index (χ4v) is 4.70. The zero-order valence-electron chi connectivity index (χ0n) is 17.5. The summed E-state index contributed by atoms with van der Waals surface area (Å²) in [6.07, 6.45) is 2.71. The Balaban J connectivity index is 1.58. The molecule has 0 N–H and O–H groups in total. The number of amides is 1. The normalized spacial score (nSPS) is 15.0. The molecule has 1 fully saturated rings. The Bertz CT molecular complexity index is 1150. The van der Waals surface area contributed by atoms with E-state index in [2.05, 4.69) is 38.1 Å². The van der Waals surface area contributed by atoms with Gasteiger partial charge in [-0.05, 0) is 42.7 Å². The quantitative estimate of drug-likeness (QED) is 0.318. The van der Waals surface area contributed by atoms with Crippen molar-refractivity contribution >= 4 is 46.0 Å². The molecule has 1 aliphatic rings. The first kappa shape index (κ1) is 21.3. The highest BCUT2D eigenvalue weighted by Crippen LogP contribution is 2.38. The average Bonchev–Trinajstić information content (AvgIpc) is 3.06. The van der Waals surface area contributed by atoms with Crippen LogP contribution in [0.15, 0.2) is 77.7 Å². The smallest absolute Gasteiger partial charge is 0.270 e. The standard InChI is InChI=1S/C26H23NO2S2/c1-3-20-8-4-6-10-22(20)27-25(28)24(31-26(27)30)16-21-9-5-7-11-23(21)29-17-19-14-12-18(2)13-15-19/h4-16H,3,17H2,1-2H3/b24-16-. The highest BCUT2D eigenvalue weighted by Gasteiger charge is 2.34. The number of thioether (sulfide) groups is 1. The zero-order valence-corrected chi connectivity index (χ0v) is 19.1. The molecule has 3 aromatic carbocycles. The first-order valence-corrected chi connectivity index (χ1v) is 11.4. The first-order chi connectivity index (χ1) is 15.1. The molecule has 156 valence electrons. The number of ether oxygens (including phenoxy) is 1. The summed E-state index contributed by atoms with van der Waals surface area (Å²) in [6.45, 7) is 4.61. The van der Waals surface area contributed by atoms with Crippen LogP contribution in [-0.4, -0.2) is 10.2 Å². The molecule has 0 bridgehead atoms. The first-order valence-electron chi connectivity index (χ1n) is 10.2. The number of carbonyl (C=O) groups is 1. The lowest BCUT2D eigenvalue weighted by molar-refractivity contribution is -0.113. The molecule has 0 aromatic heterocycles. The van der Waals surface area contributed by atoms with Crippen LogP contribution >= 0.6 is 24.0 Å². The molecule has 31 heavy (non-hydrogen) atoms. The molecular formula is C26H23NO2S2. The van der Waals surface area contributed by atoms with Gasteiger partial charge in [-0.25, -0.2) is 0 Å². The minimum absolute atomic E-state index is 0.0933. The van der Waals surface area contributed by atoms with Crippen LogP contribution in [0.2, 0.25) is 0 Å². The maximum Gasteiger partial charge on any atom is 0.270 e. The number of hydrogen-bond acceptors (Lipinski definition) is 4. The molecule has 1 aliphatic heterocycles. The highest BCUT2D eigenvalue weighted by atomic mass is 32.2. The summed E-state index contributed by atoms with van der Waals surface area (Å²) in [5.74, 6) is 0.645. The maximum absolute atomic E-state index is 13.2. The average molecular weight is 446 g/mol. The van der Waals surface area contributed by atoms with E-state index in [1.165, 1.54) is 17.3 Å². The van der Waals surface area contributed by atoms with Gasteiger partial charge in [-0.15, -0.1) is 0 Å². The SMILES string of the molecule is CCc1ccccc1N1C(=O)/C(=C/c2ccccc2OCc2ccc(C)cc2)SC1=S. The van der Waals surface area contributed by atoms with E-state index in [0.29, 0.717) is 15.8 Å². The minimum atomic E-state index is -0.0933. The Kier molecular flexibility index (Phi) is 6.54. The van der Waals surface area contributed by atoms with E-state index in [4.69, 9.17) is 17.0 Å². The number of anilines is 1. The lowest BCUT2D eigenvalue weighted by Gasteiger charge is -2.18. The lowest BCUT2D eigenvalue weighted by Crippen LogP contribution is -2.28. The van der Waals surface area contributed by atoms with E-state index in [0.717, 1.165) is 34.5 Å². The van der Waals surface area contributed by atoms with Gasteiger partial charge in [-0.2, -0.15) is 0 Å². The number of para-hydroxylation sites is 2. The minimum Gasteiger partial charge on any atom is -0.488 e. The molecule has 0 unspecified atom stereocenters. The largest absolute Gasteiger partial charge is 0.488 e. The number of carbonyl (C=O) groups excluding carboxylic acids is 1. The van der Waals surface area contributed by atoms with Crippen molar-refractivity contribution in [2.24, 2.45) is 0 Å². The van der Waals surface area contributed by atoms with Crippen LogP contribution in [0.5, 0.6) is 5.75 Å². The number of nitrogens with zero attached hydrogens (tertiary/aromatic N) is 1. The number of rotatable bonds is 6. The van der Waals surface area contributed by atoms with Crippen LogP contribution in [0.4, 0.5) is 5.69 Å². The van der Waals surface area contributed by atoms with Crippen LogP contribution in [0.3, 0.4) is 0 Å². The fourth-order valence-electron chi connectivity index (χ4n) is 3.42. The van der Waals surface area contributed by atoms with Crippen molar-refractivity contribution in [3.63, 3.8) is 0 Å². The second-order valence-electron chi connectivity index (χ2n) is 7.31. The molecule has 0 spiro atoms. The van der Waals surface area contributed by atoms with Crippen LogP contribution < -0.4 is 9.64 Å². The van der Waals surface area contributed by atoms with E-state index in [-0.39, 0.29) is 5.91 Å². The molecule has 5 heteroatoms. The van der Waals surface area contributed by atoms with Crippen molar-refractivity contribution < 1.29 is 9.53 Å². The van der Waals surface area contributed by atoms with Gasteiger partial charge >= 0.3 is 0 Å². The van der Waals surface area contributed by atoms with Crippen LogP contribution in [0, 0.1) is 6.92 Å². The van der Waals surface area contributed by atoms with Gasteiger partial charge < -0.3 is 4.74 Å². The van der Waals surface area contributed by atoms with Gasteiger partial charge in [0.1, 0.15) is 12.4 Å². The maximum atomic E-state index is 13.2. The van der Waals surface area contributed by atoms with Crippen molar-refractivity contribution in [3.8, 4) is 5.75 Å². The van der Waals surface area contributed by atoms with Gasteiger partial charge in [0.05, 0.1) is 10.6 Å². The Morgan fingerprint density at radius 1 is 1.00 bits per heavy atom. The molecule has 1 amide bonds. The predicted molar refractivity (Wildman–Crippen MR) is 133 cm³/mol. The summed E-state index contributed by atoms with van der Waals surface area (Å²) >= 11 is 6.88. The van der Waals surface area contributed by atoms with E-state index < -0.39 is 0 Å². The molecular weight excluding hydrogens is 422 g/mol. The van der Waals surface area contributed by atoms with E-state index >= 15 is 0 Å². The summed E-state index contributed by atoms with van der Waals surface area (Å²) in [5.41, 5.74) is 5.14. The van der Waals surface area contributed by atoms with E-state index in [1.54, 1.807) is 4.90 Å². The molecule has 1 saturated heterocycles. The molecule has 3 aromatic rings. The van der Waals surface area contributed by atoms with Crippen molar-refractivity contribution in [2.45, 2.75) is 26.9 Å². The number of hydrogen-bond donors (Lipinski definition) is 0. The molecule has 0 aliphatic carbocycles. The second kappa shape index (κ2) is 9.50. The van der Waals surface area contributed by atoms with Crippen LogP contribution in [0.1, 0.15) is 29.2 Å². The third-order valence-electron chi connectivity index (χ3n) is 5.13. The summed E-state index contributed by atoms with van der Waals surface area (Å²) in [5, 5.41) is 0. The van der Waals surface area contributed by atoms with Gasteiger partial charge in [0, 0.05) is 5.56 Å². The van der Waals surface area contributed by atoms with E-state index in [9.17, 15) is 4.79 Å². The Morgan fingerprint density at radius 3 is 2.48 bits per heavy atom. The van der Waals surface area contributed by atoms with E-state index in [1.807, 2.05) is 54.6 Å². The zero-order chi connectivity index (χ0) is 21.8.